The molecule has 0 fully saturated rings. The van der Waals surface area contributed by atoms with Crippen LogP contribution in [0.1, 0.15) is 12.8 Å². The Morgan fingerprint density at radius 2 is 2.46 bits per heavy atom. The predicted octanol–water partition coefficient (Wildman–Crippen LogP) is 2.20. The summed E-state index contributed by atoms with van der Waals surface area (Å²) in [7, 11) is 0. The molecular formula is C11H11NO. The first-order valence-corrected chi connectivity index (χ1v) is 4.70. The summed E-state index contributed by atoms with van der Waals surface area (Å²) in [4.78, 5) is 4.40. The molecule has 2 atom stereocenters. The third-order valence-corrected chi connectivity index (χ3v) is 2.83. The highest BCUT2D eigenvalue weighted by Gasteiger charge is 2.32. The van der Waals surface area contributed by atoms with Crippen LogP contribution < -0.4 is 0 Å². The zero-order chi connectivity index (χ0) is 8.67. The second-order valence-electron chi connectivity index (χ2n) is 3.61. The number of nitrogens with zero attached hydrogens (tertiary/aromatic N) is 1. The van der Waals surface area contributed by atoms with Crippen molar-refractivity contribution >= 4 is 6.21 Å². The Balaban J connectivity index is 1.99. The highest BCUT2D eigenvalue weighted by Crippen LogP contribution is 2.36. The molecule has 2 aliphatic heterocycles. The molecule has 66 valence electrons. The summed E-state index contributed by atoms with van der Waals surface area (Å²) >= 11 is 0. The predicted molar refractivity (Wildman–Crippen MR) is 51.4 cm³/mol. The molecule has 0 aromatic carbocycles. The van der Waals surface area contributed by atoms with Gasteiger partial charge in [0.05, 0.1) is 12.3 Å². The summed E-state index contributed by atoms with van der Waals surface area (Å²) in [6.45, 7) is 0. The van der Waals surface area contributed by atoms with E-state index in [1.165, 1.54) is 5.57 Å². The molecule has 3 aliphatic rings. The van der Waals surface area contributed by atoms with Gasteiger partial charge in [-0.25, -0.2) is 0 Å². The van der Waals surface area contributed by atoms with Gasteiger partial charge in [0, 0.05) is 12.1 Å². The fourth-order valence-electron chi connectivity index (χ4n) is 2.15. The van der Waals surface area contributed by atoms with E-state index in [-0.39, 0.29) is 0 Å². The Hall–Kier alpha value is -1.31. The van der Waals surface area contributed by atoms with Gasteiger partial charge in [0.1, 0.15) is 5.76 Å². The molecule has 0 spiro atoms. The van der Waals surface area contributed by atoms with Crippen molar-refractivity contribution in [1.82, 2.24) is 0 Å². The smallest absolute Gasteiger partial charge is 0.113 e. The average molecular weight is 173 g/mol. The van der Waals surface area contributed by atoms with Crippen molar-refractivity contribution in [2.75, 3.05) is 0 Å². The number of rotatable bonds is 0. The highest BCUT2D eigenvalue weighted by atomic mass is 16.5. The highest BCUT2D eigenvalue weighted by molar-refractivity contribution is 5.63. The first kappa shape index (κ1) is 7.13. The van der Waals surface area contributed by atoms with Crippen LogP contribution in [0.5, 0.6) is 0 Å². The molecule has 0 aromatic rings. The SMILES string of the molecule is C1=COC2=C(C=CC3N=CCC23)C1. The minimum absolute atomic E-state index is 0.338. The standard InChI is InChI=1S/C11H11NO/c1-2-8-3-4-10-9(5-6-12-10)11(8)13-7-1/h1,3-4,6-7,9-10H,2,5H2. The number of allylic oxidation sites excluding steroid dienone is 3. The van der Waals surface area contributed by atoms with Crippen LogP contribution in [0.25, 0.3) is 0 Å². The third-order valence-electron chi connectivity index (χ3n) is 2.83. The number of hydrogen-bond donors (Lipinski definition) is 0. The van der Waals surface area contributed by atoms with Gasteiger partial charge in [0.25, 0.3) is 0 Å². The molecule has 2 heteroatoms. The van der Waals surface area contributed by atoms with E-state index in [0.717, 1.165) is 18.6 Å². The van der Waals surface area contributed by atoms with Crippen LogP contribution in [0.2, 0.25) is 0 Å². The molecule has 0 saturated carbocycles. The number of hydrogen-bond acceptors (Lipinski definition) is 2. The molecule has 0 saturated heterocycles. The summed E-state index contributed by atoms with van der Waals surface area (Å²) in [5.74, 6) is 1.62. The quantitative estimate of drug-likeness (QED) is 0.550. The molecule has 13 heavy (non-hydrogen) atoms. The lowest BCUT2D eigenvalue weighted by Gasteiger charge is -2.26. The fraction of sp³-hybridized carbons (Fsp3) is 0.364. The Labute approximate surface area is 77.3 Å². The van der Waals surface area contributed by atoms with Crippen molar-refractivity contribution in [3.8, 4) is 0 Å². The summed E-state index contributed by atoms with van der Waals surface area (Å²) in [5, 5.41) is 0. The summed E-state index contributed by atoms with van der Waals surface area (Å²) in [5.41, 5.74) is 1.33. The third kappa shape index (κ3) is 0.981. The maximum atomic E-state index is 5.56. The van der Waals surface area contributed by atoms with E-state index < -0.39 is 0 Å². The number of fused-ring (bicyclic) bond motifs is 2. The van der Waals surface area contributed by atoms with Gasteiger partial charge in [-0.15, -0.1) is 0 Å². The molecule has 0 bridgehead atoms. The second kappa shape index (κ2) is 2.59. The first-order chi connectivity index (χ1) is 6.45. The van der Waals surface area contributed by atoms with E-state index in [1.807, 2.05) is 6.21 Å². The molecule has 2 nitrogen and oxygen atoms in total. The van der Waals surface area contributed by atoms with Crippen LogP contribution in [-0.4, -0.2) is 12.3 Å². The molecule has 2 unspecified atom stereocenters. The normalized spacial score (nSPS) is 34.5. The van der Waals surface area contributed by atoms with Crippen LogP contribution in [0.3, 0.4) is 0 Å². The lowest BCUT2D eigenvalue weighted by molar-refractivity contribution is 0.272. The Morgan fingerprint density at radius 1 is 1.46 bits per heavy atom. The second-order valence-corrected chi connectivity index (χ2v) is 3.61. The summed E-state index contributed by atoms with van der Waals surface area (Å²) in [6, 6.07) is 0.338. The lowest BCUT2D eigenvalue weighted by Crippen LogP contribution is -2.20. The van der Waals surface area contributed by atoms with Gasteiger partial charge < -0.3 is 4.74 Å². The van der Waals surface area contributed by atoms with Gasteiger partial charge in [-0.1, -0.05) is 12.2 Å². The maximum Gasteiger partial charge on any atom is 0.113 e. The van der Waals surface area contributed by atoms with Crippen molar-refractivity contribution in [2.45, 2.75) is 18.9 Å². The molecule has 0 N–H and O–H groups in total. The van der Waals surface area contributed by atoms with Crippen molar-refractivity contribution in [3.63, 3.8) is 0 Å². The van der Waals surface area contributed by atoms with E-state index in [4.69, 9.17) is 4.74 Å². The zero-order valence-electron chi connectivity index (χ0n) is 7.31. The number of ether oxygens (including phenoxy) is 1. The van der Waals surface area contributed by atoms with E-state index in [1.54, 1.807) is 6.26 Å². The molecule has 2 heterocycles. The van der Waals surface area contributed by atoms with E-state index in [9.17, 15) is 0 Å². The van der Waals surface area contributed by atoms with Gasteiger partial charge in [0.15, 0.2) is 0 Å². The summed E-state index contributed by atoms with van der Waals surface area (Å²) < 4.78 is 5.56. The van der Waals surface area contributed by atoms with E-state index in [0.29, 0.717) is 12.0 Å². The van der Waals surface area contributed by atoms with Crippen molar-refractivity contribution < 1.29 is 4.74 Å². The van der Waals surface area contributed by atoms with Gasteiger partial charge in [-0.3, -0.25) is 4.99 Å². The van der Waals surface area contributed by atoms with Crippen LogP contribution in [0.15, 0.2) is 40.8 Å². The number of aliphatic imine (C=N–C) groups is 1. The van der Waals surface area contributed by atoms with Crippen LogP contribution in [0, 0.1) is 5.92 Å². The molecule has 3 rings (SSSR count). The van der Waals surface area contributed by atoms with Gasteiger partial charge >= 0.3 is 0 Å². The lowest BCUT2D eigenvalue weighted by atomic mass is 9.88. The average Bonchev–Trinajstić information content (AvgIpc) is 2.65. The van der Waals surface area contributed by atoms with Crippen molar-refractivity contribution in [1.29, 1.82) is 0 Å². The molecule has 1 aliphatic carbocycles. The van der Waals surface area contributed by atoms with Crippen LogP contribution >= 0.6 is 0 Å². The van der Waals surface area contributed by atoms with Crippen LogP contribution in [0.4, 0.5) is 0 Å². The first-order valence-electron chi connectivity index (χ1n) is 4.70. The van der Waals surface area contributed by atoms with Gasteiger partial charge in [-0.2, -0.15) is 0 Å². The Morgan fingerprint density at radius 3 is 3.46 bits per heavy atom. The largest absolute Gasteiger partial charge is 0.469 e. The molecule has 0 aromatic heterocycles. The Kier molecular flexibility index (Phi) is 1.42. The Bertz CT molecular complexity index is 349. The topological polar surface area (TPSA) is 21.6 Å². The van der Waals surface area contributed by atoms with E-state index >= 15 is 0 Å². The van der Waals surface area contributed by atoms with Crippen molar-refractivity contribution in [2.24, 2.45) is 10.9 Å². The minimum atomic E-state index is 0.338. The zero-order valence-corrected chi connectivity index (χ0v) is 7.31. The molecular weight excluding hydrogens is 162 g/mol. The minimum Gasteiger partial charge on any atom is -0.469 e. The summed E-state index contributed by atoms with van der Waals surface area (Å²) in [6.07, 6.45) is 12.2. The van der Waals surface area contributed by atoms with Crippen molar-refractivity contribution in [3.05, 3.63) is 35.8 Å². The van der Waals surface area contributed by atoms with Gasteiger partial charge in [-0.05, 0) is 24.5 Å². The monoisotopic (exact) mass is 173 g/mol. The van der Waals surface area contributed by atoms with Gasteiger partial charge in [0.2, 0.25) is 0 Å². The van der Waals surface area contributed by atoms with Crippen LogP contribution in [-0.2, 0) is 4.74 Å². The molecule has 0 radical (unpaired) electrons. The van der Waals surface area contributed by atoms with E-state index in [2.05, 4.69) is 23.2 Å². The maximum absolute atomic E-state index is 5.56. The fourth-order valence-corrected chi connectivity index (χ4v) is 2.15. The molecule has 0 amide bonds.